The van der Waals surface area contributed by atoms with Crippen LogP contribution in [0, 0.1) is 28.9 Å². The highest BCUT2D eigenvalue weighted by Gasteiger charge is 2.49. The number of esters is 1. The van der Waals surface area contributed by atoms with Gasteiger partial charge in [-0.05, 0) is 62.1 Å². The van der Waals surface area contributed by atoms with Crippen molar-refractivity contribution in [1.29, 1.82) is 5.26 Å². The van der Waals surface area contributed by atoms with Crippen molar-refractivity contribution in [2.24, 2.45) is 5.92 Å². The SMILES string of the molecule is N#Cc1c(N)sc2c(F)ccc(-c3c(Cl)cc4c(N5CCC(C(=O)Oc6ccccc6)CC5)nc(OC[C@@]56CCCN5C[C@H](F)C6)nc4c3F)c12. The summed E-state index contributed by atoms with van der Waals surface area (Å²) in [7, 11) is 0. The molecule has 3 aromatic carbocycles. The minimum atomic E-state index is -0.962. The fourth-order valence-corrected chi connectivity index (χ4v) is 9.13. The third-order valence-electron chi connectivity index (χ3n) is 10.4. The van der Waals surface area contributed by atoms with Gasteiger partial charge in [-0.2, -0.15) is 15.2 Å². The standard InChI is InChI=1S/C37H32ClF3N6O3S/c38-26-15-24-31(30(41)29(26)23-7-8-27(40)32-28(23)25(17-42)33(43)51-32)44-36(49-19-37-11-4-12-47(37)18-21(39)16-37)45-34(24)46-13-9-20(10-14-46)35(48)50-22-5-2-1-3-6-22/h1-3,5-8,15,20-21H,4,9-14,16,18-19,43H2/t21-,37+/m1/s1. The number of nitrogens with zero attached hydrogens (tertiary/aromatic N) is 5. The summed E-state index contributed by atoms with van der Waals surface area (Å²) in [6, 6.07) is 14.9. The molecule has 0 aliphatic carbocycles. The van der Waals surface area contributed by atoms with Gasteiger partial charge in [0.15, 0.2) is 5.82 Å². The largest absolute Gasteiger partial charge is 0.461 e. The number of anilines is 2. The lowest BCUT2D eigenvalue weighted by Gasteiger charge is -2.33. The molecule has 0 unspecified atom stereocenters. The predicted octanol–water partition coefficient (Wildman–Crippen LogP) is 7.67. The molecule has 3 saturated heterocycles. The number of nitrogen functional groups attached to an aromatic ring is 1. The van der Waals surface area contributed by atoms with E-state index >= 15 is 4.39 Å². The van der Waals surface area contributed by atoms with Crippen LogP contribution in [0.2, 0.25) is 5.02 Å². The number of carbonyl (C=O) groups excluding carboxylic acids is 1. The van der Waals surface area contributed by atoms with Gasteiger partial charge < -0.3 is 20.1 Å². The van der Waals surface area contributed by atoms with Crippen LogP contribution in [0.1, 0.15) is 37.7 Å². The number of alkyl halides is 1. The number of ether oxygens (including phenoxy) is 2. The second-order valence-electron chi connectivity index (χ2n) is 13.4. The zero-order valence-electron chi connectivity index (χ0n) is 27.3. The van der Waals surface area contributed by atoms with Crippen LogP contribution in [0.25, 0.3) is 32.1 Å². The van der Waals surface area contributed by atoms with Crippen molar-refractivity contribution < 1.29 is 27.4 Å². The van der Waals surface area contributed by atoms with Gasteiger partial charge in [0.25, 0.3) is 0 Å². The van der Waals surface area contributed by atoms with Crippen LogP contribution >= 0.6 is 22.9 Å². The molecule has 5 aromatic rings. The third-order valence-corrected chi connectivity index (χ3v) is 11.7. The zero-order chi connectivity index (χ0) is 35.4. The molecule has 3 aliphatic rings. The van der Waals surface area contributed by atoms with Crippen molar-refractivity contribution in [3.8, 4) is 29.0 Å². The zero-order valence-corrected chi connectivity index (χ0v) is 28.9. The van der Waals surface area contributed by atoms with E-state index in [0.29, 0.717) is 55.9 Å². The van der Waals surface area contributed by atoms with E-state index in [1.54, 1.807) is 30.3 Å². The number of carbonyl (C=O) groups is 1. The number of nitrogens with two attached hydrogens (primary N) is 1. The maximum Gasteiger partial charge on any atom is 0.319 e. The van der Waals surface area contributed by atoms with E-state index in [-0.39, 0.29) is 66.8 Å². The molecule has 5 heterocycles. The first-order chi connectivity index (χ1) is 24.7. The number of fused-ring (bicyclic) bond motifs is 3. The third kappa shape index (κ3) is 5.89. The molecule has 3 fully saturated rings. The maximum atomic E-state index is 17.0. The summed E-state index contributed by atoms with van der Waals surface area (Å²) in [4.78, 5) is 26.3. The quantitative estimate of drug-likeness (QED) is 0.133. The number of rotatable bonds is 7. The van der Waals surface area contributed by atoms with Gasteiger partial charge in [-0.1, -0.05) is 35.9 Å². The highest BCUT2D eigenvalue weighted by atomic mass is 35.5. The van der Waals surface area contributed by atoms with Crippen LogP contribution in [-0.4, -0.2) is 65.3 Å². The smallest absolute Gasteiger partial charge is 0.319 e. The summed E-state index contributed by atoms with van der Waals surface area (Å²) >= 11 is 7.75. The first kappa shape index (κ1) is 33.5. The Morgan fingerprint density at radius 1 is 1.14 bits per heavy atom. The summed E-state index contributed by atoms with van der Waals surface area (Å²) in [5, 5.41) is 10.5. The average Bonchev–Trinajstić information content (AvgIpc) is 3.78. The van der Waals surface area contributed by atoms with Gasteiger partial charge in [0.2, 0.25) is 0 Å². The Hall–Kier alpha value is -4.64. The molecule has 262 valence electrons. The number of halogens is 4. The Labute approximate surface area is 300 Å². The Balaban J connectivity index is 1.19. The maximum absolute atomic E-state index is 17.0. The van der Waals surface area contributed by atoms with Crippen LogP contribution in [0.5, 0.6) is 11.8 Å². The molecule has 14 heteroatoms. The normalized spacial score (nSPS) is 20.9. The minimum Gasteiger partial charge on any atom is -0.461 e. The van der Waals surface area contributed by atoms with Gasteiger partial charge in [0, 0.05) is 42.4 Å². The molecule has 0 bridgehead atoms. The Kier molecular flexibility index (Phi) is 8.64. The van der Waals surface area contributed by atoms with E-state index in [2.05, 4.69) is 9.88 Å². The summed E-state index contributed by atoms with van der Waals surface area (Å²) in [5.74, 6) is -1.23. The topological polar surface area (TPSA) is 118 Å². The van der Waals surface area contributed by atoms with Crippen molar-refractivity contribution in [2.45, 2.75) is 43.8 Å². The van der Waals surface area contributed by atoms with Crippen molar-refractivity contribution in [1.82, 2.24) is 14.9 Å². The van der Waals surface area contributed by atoms with E-state index in [1.165, 1.54) is 12.1 Å². The van der Waals surface area contributed by atoms with Gasteiger partial charge in [-0.15, -0.1) is 11.3 Å². The molecule has 3 aliphatic heterocycles. The lowest BCUT2D eigenvalue weighted by molar-refractivity contribution is -0.139. The fraction of sp³-hybridized carbons (Fsp3) is 0.351. The Bertz CT molecular complexity index is 2230. The monoisotopic (exact) mass is 732 g/mol. The highest BCUT2D eigenvalue weighted by Crippen LogP contribution is 2.46. The van der Waals surface area contributed by atoms with Crippen molar-refractivity contribution >= 4 is 60.7 Å². The van der Waals surface area contributed by atoms with Crippen molar-refractivity contribution in [3.05, 3.63) is 70.8 Å². The van der Waals surface area contributed by atoms with Gasteiger partial charge in [-0.25, -0.2) is 13.2 Å². The van der Waals surface area contributed by atoms with Crippen LogP contribution in [0.15, 0.2) is 48.5 Å². The Morgan fingerprint density at radius 2 is 1.92 bits per heavy atom. The minimum absolute atomic E-state index is 0.00171. The van der Waals surface area contributed by atoms with E-state index in [0.717, 1.165) is 30.7 Å². The molecule has 8 rings (SSSR count). The molecule has 9 nitrogen and oxygen atoms in total. The van der Waals surface area contributed by atoms with Gasteiger partial charge >= 0.3 is 12.0 Å². The molecule has 0 radical (unpaired) electrons. The Morgan fingerprint density at radius 3 is 2.69 bits per heavy atom. The van der Waals surface area contributed by atoms with E-state index in [4.69, 9.17) is 31.8 Å². The van der Waals surface area contributed by atoms with Crippen LogP contribution < -0.4 is 20.1 Å². The number of hydrogen-bond acceptors (Lipinski definition) is 10. The molecular weight excluding hydrogens is 701 g/mol. The second-order valence-corrected chi connectivity index (χ2v) is 14.8. The number of thiophene rings is 1. The highest BCUT2D eigenvalue weighted by molar-refractivity contribution is 7.23. The number of benzene rings is 3. The van der Waals surface area contributed by atoms with Gasteiger partial charge in [0.1, 0.15) is 46.8 Å². The molecule has 0 saturated carbocycles. The van der Waals surface area contributed by atoms with Gasteiger partial charge in [0.05, 0.1) is 26.7 Å². The number of para-hydroxylation sites is 1. The molecule has 2 N–H and O–H groups in total. The van der Waals surface area contributed by atoms with Crippen LogP contribution in [0.4, 0.5) is 24.0 Å². The number of nitriles is 1. The van der Waals surface area contributed by atoms with E-state index < -0.39 is 23.3 Å². The first-order valence-corrected chi connectivity index (χ1v) is 18.0. The molecule has 51 heavy (non-hydrogen) atoms. The summed E-state index contributed by atoms with van der Waals surface area (Å²) in [5.41, 5.74) is 5.64. The van der Waals surface area contributed by atoms with E-state index in [9.17, 15) is 18.8 Å². The van der Waals surface area contributed by atoms with Crippen LogP contribution in [0.3, 0.4) is 0 Å². The molecule has 0 spiro atoms. The fourth-order valence-electron chi connectivity index (χ4n) is 7.88. The first-order valence-electron chi connectivity index (χ1n) is 16.8. The number of piperidine rings is 1. The second kappa shape index (κ2) is 13.2. The van der Waals surface area contributed by atoms with Crippen molar-refractivity contribution in [2.75, 3.05) is 43.4 Å². The number of hydrogen-bond donors (Lipinski definition) is 1. The number of aromatic nitrogens is 2. The van der Waals surface area contributed by atoms with Crippen molar-refractivity contribution in [3.63, 3.8) is 0 Å². The summed E-state index contributed by atoms with van der Waals surface area (Å²) < 4.78 is 58.4. The van der Waals surface area contributed by atoms with Crippen LogP contribution in [-0.2, 0) is 4.79 Å². The molecular formula is C37H32ClF3N6O3S. The molecule has 2 aromatic heterocycles. The molecule has 0 amide bonds. The predicted molar refractivity (Wildman–Crippen MR) is 190 cm³/mol. The molecule has 2 atom stereocenters. The van der Waals surface area contributed by atoms with E-state index in [1.807, 2.05) is 17.0 Å². The summed E-state index contributed by atoms with van der Waals surface area (Å²) in [6.45, 7) is 2.05. The average molecular weight is 733 g/mol. The lowest BCUT2D eigenvalue weighted by atomic mass is 9.95. The lowest BCUT2D eigenvalue weighted by Crippen LogP contribution is -2.43. The van der Waals surface area contributed by atoms with Gasteiger partial charge in [-0.3, -0.25) is 9.69 Å². The summed E-state index contributed by atoms with van der Waals surface area (Å²) in [6.07, 6.45) is 1.97.